The van der Waals surface area contributed by atoms with Crippen molar-refractivity contribution >= 4 is 17.8 Å². The van der Waals surface area contributed by atoms with Gasteiger partial charge in [-0.25, -0.2) is 5.43 Å². The number of hydrogen-bond acceptors (Lipinski definition) is 7. The number of benzene rings is 2. The fourth-order valence-corrected chi connectivity index (χ4v) is 2.36. The third-order valence-corrected chi connectivity index (χ3v) is 3.64. The van der Waals surface area contributed by atoms with Gasteiger partial charge < -0.3 is 14.2 Å². The molecule has 0 saturated heterocycles. The summed E-state index contributed by atoms with van der Waals surface area (Å²) in [6.45, 7) is 0. The fourth-order valence-electron chi connectivity index (χ4n) is 2.36. The van der Waals surface area contributed by atoms with Crippen molar-refractivity contribution in [3.8, 4) is 17.2 Å². The molecule has 1 N–H and O–H groups in total. The maximum Gasteiger partial charge on any atom is 0.269 e. The summed E-state index contributed by atoms with van der Waals surface area (Å²) in [5.74, 6) is 0.986. The number of hydrazone groups is 1. The second kappa shape index (κ2) is 9.18. The van der Waals surface area contributed by atoms with Crippen LogP contribution < -0.4 is 19.6 Å². The van der Waals surface area contributed by atoms with Gasteiger partial charge in [0.2, 0.25) is 11.7 Å². The number of carbonyl (C=O) groups excluding carboxylic acids is 1. The number of nitro groups is 1. The summed E-state index contributed by atoms with van der Waals surface area (Å²) in [7, 11) is 4.50. The molecule has 142 valence electrons. The molecule has 0 aromatic heterocycles. The highest BCUT2D eigenvalue weighted by Crippen LogP contribution is 2.38. The lowest BCUT2D eigenvalue weighted by molar-refractivity contribution is -0.384. The largest absolute Gasteiger partial charge is 0.493 e. The number of nitrogens with one attached hydrogen (secondary N) is 1. The van der Waals surface area contributed by atoms with Crippen LogP contribution in [0.3, 0.4) is 0 Å². The molecule has 2 rings (SSSR count). The Balaban J connectivity index is 2.04. The van der Waals surface area contributed by atoms with E-state index in [4.69, 9.17) is 14.2 Å². The average molecular weight is 373 g/mol. The topological polar surface area (TPSA) is 112 Å². The summed E-state index contributed by atoms with van der Waals surface area (Å²) >= 11 is 0. The van der Waals surface area contributed by atoms with E-state index in [0.717, 1.165) is 0 Å². The van der Waals surface area contributed by atoms with Crippen LogP contribution in [0.2, 0.25) is 0 Å². The summed E-state index contributed by atoms with van der Waals surface area (Å²) in [5.41, 5.74) is 3.60. The zero-order valence-electron chi connectivity index (χ0n) is 15.1. The van der Waals surface area contributed by atoms with E-state index in [2.05, 4.69) is 10.5 Å². The lowest BCUT2D eigenvalue weighted by Gasteiger charge is -2.13. The number of carbonyl (C=O) groups is 1. The lowest BCUT2D eigenvalue weighted by atomic mass is 10.1. The first-order valence-corrected chi connectivity index (χ1v) is 7.84. The van der Waals surface area contributed by atoms with Crippen molar-refractivity contribution in [2.24, 2.45) is 5.10 Å². The van der Waals surface area contributed by atoms with Crippen LogP contribution in [0.15, 0.2) is 41.5 Å². The van der Waals surface area contributed by atoms with Crippen molar-refractivity contribution in [2.75, 3.05) is 21.3 Å². The maximum absolute atomic E-state index is 12.0. The number of nitro benzene ring substituents is 1. The molecule has 27 heavy (non-hydrogen) atoms. The Bertz CT molecular complexity index is 849. The van der Waals surface area contributed by atoms with Crippen LogP contribution in [-0.2, 0) is 11.2 Å². The average Bonchev–Trinajstić information content (AvgIpc) is 2.67. The minimum absolute atomic E-state index is 0.0299. The van der Waals surface area contributed by atoms with Crippen LogP contribution in [0.4, 0.5) is 5.69 Å². The van der Waals surface area contributed by atoms with Gasteiger partial charge in [-0.3, -0.25) is 14.9 Å². The van der Waals surface area contributed by atoms with Crippen LogP contribution in [0.25, 0.3) is 0 Å². The van der Waals surface area contributed by atoms with Gasteiger partial charge in [-0.05, 0) is 17.7 Å². The summed E-state index contributed by atoms with van der Waals surface area (Å²) in [5, 5.41) is 14.5. The first kappa shape index (κ1) is 19.7. The number of non-ortho nitro benzene ring substituents is 1. The summed E-state index contributed by atoms with van der Waals surface area (Å²) in [6, 6.07) is 9.16. The number of amides is 1. The molecule has 0 spiro atoms. The molecule has 0 bridgehead atoms. The Labute approximate surface area is 155 Å². The predicted molar refractivity (Wildman–Crippen MR) is 98.6 cm³/mol. The Morgan fingerprint density at radius 3 is 2.30 bits per heavy atom. The molecule has 1 amide bonds. The summed E-state index contributed by atoms with van der Waals surface area (Å²) in [6.07, 6.45) is 1.47. The van der Waals surface area contributed by atoms with Gasteiger partial charge in [0.1, 0.15) is 0 Å². The van der Waals surface area contributed by atoms with Crippen molar-refractivity contribution < 1.29 is 23.9 Å². The molecule has 2 aromatic carbocycles. The number of hydrogen-bond donors (Lipinski definition) is 1. The Kier molecular flexibility index (Phi) is 6.70. The van der Waals surface area contributed by atoms with Gasteiger partial charge >= 0.3 is 0 Å². The van der Waals surface area contributed by atoms with Gasteiger partial charge in [0.05, 0.1) is 38.9 Å². The molecule has 0 atom stereocenters. The normalized spacial score (nSPS) is 10.5. The molecule has 0 aliphatic carbocycles. The quantitative estimate of drug-likeness (QED) is 0.432. The Morgan fingerprint density at radius 2 is 1.74 bits per heavy atom. The molecular weight excluding hydrogens is 354 g/mol. The summed E-state index contributed by atoms with van der Waals surface area (Å²) in [4.78, 5) is 22.1. The highest BCUT2D eigenvalue weighted by atomic mass is 16.6. The van der Waals surface area contributed by atoms with Gasteiger partial charge in [0.15, 0.2) is 11.5 Å². The predicted octanol–water partition coefficient (Wildman–Crippen LogP) is 2.31. The third-order valence-electron chi connectivity index (χ3n) is 3.64. The molecular formula is C18H19N3O6. The van der Waals surface area contributed by atoms with Crippen molar-refractivity contribution in [3.05, 3.63) is 57.6 Å². The van der Waals surface area contributed by atoms with Crippen molar-refractivity contribution in [1.29, 1.82) is 0 Å². The van der Waals surface area contributed by atoms with Gasteiger partial charge in [-0.2, -0.15) is 5.10 Å². The molecule has 0 fully saturated rings. The molecule has 0 saturated carbocycles. The second-order valence-electron chi connectivity index (χ2n) is 5.32. The second-order valence-corrected chi connectivity index (χ2v) is 5.32. The molecule has 2 aromatic rings. The van der Waals surface area contributed by atoms with E-state index in [1.807, 2.05) is 0 Å². The number of rotatable bonds is 8. The van der Waals surface area contributed by atoms with Crippen LogP contribution in [0.1, 0.15) is 11.1 Å². The van der Waals surface area contributed by atoms with Gasteiger partial charge in [-0.15, -0.1) is 0 Å². The van der Waals surface area contributed by atoms with Gasteiger partial charge in [0.25, 0.3) is 5.69 Å². The van der Waals surface area contributed by atoms with Gasteiger partial charge in [0, 0.05) is 17.7 Å². The standard InChI is InChI=1S/C18H19N3O6/c1-25-15-9-6-13(17(26-2)18(15)27-3)11-19-20-16(22)10-12-4-7-14(8-5-12)21(23)24/h4-9,11H,10H2,1-3H3,(H,20,22). The Morgan fingerprint density at radius 1 is 1.07 bits per heavy atom. The summed E-state index contributed by atoms with van der Waals surface area (Å²) < 4.78 is 15.8. The molecule has 0 aliphatic heterocycles. The van der Waals surface area contributed by atoms with Crippen LogP contribution >= 0.6 is 0 Å². The van der Waals surface area contributed by atoms with E-state index in [-0.39, 0.29) is 18.0 Å². The van der Waals surface area contributed by atoms with Crippen LogP contribution in [-0.4, -0.2) is 38.4 Å². The fraction of sp³-hybridized carbons (Fsp3) is 0.222. The molecule has 9 nitrogen and oxygen atoms in total. The zero-order chi connectivity index (χ0) is 19.8. The van der Waals surface area contributed by atoms with E-state index in [1.165, 1.54) is 51.8 Å². The van der Waals surface area contributed by atoms with E-state index in [0.29, 0.717) is 28.4 Å². The zero-order valence-corrected chi connectivity index (χ0v) is 15.1. The first-order chi connectivity index (χ1) is 13.0. The molecule has 0 heterocycles. The molecule has 9 heteroatoms. The van der Waals surface area contributed by atoms with Crippen molar-refractivity contribution in [3.63, 3.8) is 0 Å². The van der Waals surface area contributed by atoms with Crippen LogP contribution in [0, 0.1) is 10.1 Å². The SMILES string of the molecule is COc1ccc(C=NNC(=O)Cc2ccc([N+](=O)[O-])cc2)c(OC)c1OC. The Hall–Kier alpha value is -3.62. The highest BCUT2D eigenvalue weighted by Gasteiger charge is 2.14. The van der Waals surface area contributed by atoms with E-state index in [1.54, 1.807) is 12.1 Å². The number of ether oxygens (including phenoxy) is 3. The number of methoxy groups -OCH3 is 3. The molecule has 0 radical (unpaired) electrons. The number of nitrogens with zero attached hydrogens (tertiary/aromatic N) is 2. The minimum Gasteiger partial charge on any atom is -0.493 e. The van der Waals surface area contributed by atoms with Crippen LogP contribution in [0.5, 0.6) is 17.2 Å². The minimum atomic E-state index is -0.495. The smallest absolute Gasteiger partial charge is 0.269 e. The first-order valence-electron chi connectivity index (χ1n) is 7.84. The molecule has 0 aliphatic rings. The monoisotopic (exact) mass is 373 g/mol. The third kappa shape index (κ3) is 4.94. The van der Waals surface area contributed by atoms with Gasteiger partial charge in [-0.1, -0.05) is 12.1 Å². The van der Waals surface area contributed by atoms with Crippen molar-refractivity contribution in [2.45, 2.75) is 6.42 Å². The maximum atomic E-state index is 12.0. The molecule has 0 unspecified atom stereocenters. The van der Waals surface area contributed by atoms with E-state index < -0.39 is 4.92 Å². The van der Waals surface area contributed by atoms with Crippen molar-refractivity contribution in [1.82, 2.24) is 5.43 Å². The highest BCUT2D eigenvalue weighted by molar-refractivity contribution is 5.87. The lowest BCUT2D eigenvalue weighted by Crippen LogP contribution is -2.19. The van der Waals surface area contributed by atoms with E-state index in [9.17, 15) is 14.9 Å². The van der Waals surface area contributed by atoms with E-state index >= 15 is 0 Å².